The van der Waals surface area contributed by atoms with Crippen LogP contribution < -0.4 is 11.1 Å². The van der Waals surface area contributed by atoms with Crippen LogP contribution in [0.5, 0.6) is 0 Å². The van der Waals surface area contributed by atoms with E-state index < -0.39 is 0 Å². The molecule has 0 unspecified atom stereocenters. The first-order valence-electron chi connectivity index (χ1n) is 6.65. The van der Waals surface area contributed by atoms with Crippen LogP contribution in [0, 0.1) is 0 Å². The quantitative estimate of drug-likeness (QED) is 0.642. The van der Waals surface area contributed by atoms with E-state index in [2.05, 4.69) is 20.3 Å². The molecule has 0 fully saturated rings. The molecule has 0 aliphatic carbocycles. The molecule has 0 radical (unpaired) electrons. The Morgan fingerprint density at radius 2 is 2.00 bits per heavy atom. The van der Waals surface area contributed by atoms with Crippen molar-refractivity contribution < 1.29 is 5.11 Å². The molecule has 0 saturated heterocycles. The molecule has 7 heteroatoms. The van der Waals surface area contributed by atoms with E-state index in [0.717, 1.165) is 5.56 Å². The third-order valence-corrected chi connectivity index (χ3v) is 3.08. The minimum Gasteiger partial charge on any atom is -0.395 e. The van der Waals surface area contributed by atoms with Gasteiger partial charge in [-0.2, -0.15) is 9.97 Å². The van der Waals surface area contributed by atoms with Crippen LogP contribution in [0.1, 0.15) is 5.56 Å². The fourth-order valence-corrected chi connectivity index (χ4v) is 2.11. The zero-order chi connectivity index (χ0) is 14.7. The third-order valence-electron chi connectivity index (χ3n) is 3.08. The van der Waals surface area contributed by atoms with Crippen molar-refractivity contribution in [2.45, 2.75) is 6.54 Å². The van der Waals surface area contributed by atoms with Gasteiger partial charge in [-0.25, -0.2) is 4.98 Å². The van der Waals surface area contributed by atoms with Crippen LogP contribution in [0.4, 0.5) is 11.8 Å². The number of fused-ring (bicyclic) bond motifs is 1. The van der Waals surface area contributed by atoms with E-state index in [1.54, 1.807) is 6.33 Å². The summed E-state index contributed by atoms with van der Waals surface area (Å²) >= 11 is 0. The lowest BCUT2D eigenvalue weighted by Gasteiger charge is -2.07. The van der Waals surface area contributed by atoms with Gasteiger partial charge in [-0.05, 0) is 5.56 Å². The average molecular weight is 284 g/mol. The second-order valence-electron chi connectivity index (χ2n) is 4.61. The predicted molar refractivity (Wildman–Crippen MR) is 80.9 cm³/mol. The number of aliphatic hydroxyl groups excluding tert-OH is 1. The Kier molecular flexibility index (Phi) is 3.65. The minimum absolute atomic E-state index is 0.00454. The van der Waals surface area contributed by atoms with E-state index in [1.807, 2.05) is 34.9 Å². The van der Waals surface area contributed by atoms with Gasteiger partial charge in [-0.1, -0.05) is 30.3 Å². The van der Waals surface area contributed by atoms with Crippen molar-refractivity contribution in [3.63, 3.8) is 0 Å². The number of anilines is 2. The molecule has 4 N–H and O–H groups in total. The molecule has 3 rings (SSSR count). The molecule has 0 spiro atoms. The van der Waals surface area contributed by atoms with Crippen molar-refractivity contribution in [3.05, 3.63) is 42.2 Å². The summed E-state index contributed by atoms with van der Waals surface area (Å²) in [6.45, 7) is 1.04. The number of benzene rings is 1. The van der Waals surface area contributed by atoms with Crippen LogP contribution in [0.3, 0.4) is 0 Å². The first-order valence-corrected chi connectivity index (χ1v) is 6.65. The first-order chi connectivity index (χ1) is 10.3. The van der Waals surface area contributed by atoms with Crippen LogP contribution in [0.15, 0.2) is 36.7 Å². The van der Waals surface area contributed by atoms with E-state index in [4.69, 9.17) is 10.8 Å². The highest BCUT2D eigenvalue weighted by molar-refractivity contribution is 5.82. The molecule has 2 aromatic heterocycles. The van der Waals surface area contributed by atoms with E-state index in [0.29, 0.717) is 36.0 Å². The molecule has 0 saturated carbocycles. The molecule has 0 bridgehead atoms. The van der Waals surface area contributed by atoms with Crippen LogP contribution >= 0.6 is 0 Å². The predicted octanol–water partition coefficient (Wildman–Crippen LogP) is 0.861. The summed E-state index contributed by atoms with van der Waals surface area (Å²) in [5.74, 6) is 0.719. The Hall–Kier alpha value is -2.67. The molecular formula is C14H16N6O. The maximum absolute atomic E-state index is 8.85. The van der Waals surface area contributed by atoms with Crippen LogP contribution in [-0.4, -0.2) is 37.8 Å². The molecule has 0 amide bonds. The van der Waals surface area contributed by atoms with Gasteiger partial charge in [0.25, 0.3) is 0 Å². The Bertz CT molecular complexity index is 740. The molecule has 7 nitrogen and oxygen atoms in total. The van der Waals surface area contributed by atoms with Gasteiger partial charge < -0.3 is 20.7 Å². The SMILES string of the molecule is Nc1nc(NCCO)nc2c1ncn2Cc1ccccc1. The number of rotatable bonds is 5. The highest BCUT2D eigenvalue weighted by Crippen LogP contribution is 2.19. The summed E-state index contributed by atoms with van der Waals surface area (Å²) in [5, 5.41) is 11.8. The number of nitrogens with one attached hydrogen (secondary N) is 1. The molecule has 0 atom stereocenters. The number of aliphatic hydroxyl groups is 1. The minimum atomic E-state index is 0.00454. The second-order valence-corrected chi connectivity index (χ2v) is 4.61. The largest absolute Gasteiger partial charge is 0.395 e. The second kappa shape index (κ2) is 5.76. The van der Waals surface area contributed by atoms with Crippen molar-refractivity contribution in [2.75, 3.05) is 24.2 Å². The highest BCUT2D eigenvalue weighted by atomic mass is 16.3. The molecule has 3 aromatic rings. The Balaban J connectivity index is 1.97. The molecule has 0 aliphatic rings. The van der Waals surface area contributed by atoms with Crippen molar-refractivity contribution in [1.29, 1.82) is 0 Å². The van der Waals surface area contributed by atoms with Crippen molar-refractivity contribution in [3.8, 4) is 0 Å². The van der Waals surface area contributed by atoms with Gasteiger partial charge in [0.1, 0.15) is 5.52 Å². The van der Waals surface area contributed by atoms with Crippen molar-refractivity contribution in [2.24, 2.45) is 0 Å². The smallest absolute Gasteiger partial charge is 0.226 e. The summed E-state index contributed by atoms with van der Waals surface area (Å²) < 4.78 is 1.92. The highest BCUT2D eigenvalue weighted by Gasteiger charge is 2.11. The normalized spacial score (nSPS) is 10.9. The molecule has 0 aliphatic heterocycles. The van der Waals surface area contributed by atoms with Crippen LogP contribution in [-0.2, 0) is 6.54 Å². The number of hydrogen-bond donors (Lipinski definition) is 3. The number of nitrogens with two attached hydrogens (primary N) is 1. The summed E-state index contributed by atoms with van der Waals surface area (Å²) in [6, 6.07) is 10.0. The van der Waals surface area contributed by atoms with Gasteiger partial charge in [-0.15, -0.1) is 0 Å². The zero-order valence-corrected chi connectivity index (χ0v) is 11.4. The topological polar surface area (TPSA) is 102 Å². The Labute approximate surface area is 121 Å². The molecule has 21 heavy (non-hydrogen) atoms. The summed E-state index contributed by atoms with van der Waals surface area (Å²) in [5.41, 5.74) is 8.31. The van der Waals surface area contributed by atoms with Crippen LogP contribution in [0.25, 0.3) is 11.2 Å². The van der Waals surface area contributed by atoms with E-state index >= 15 is 0 Å². The number of imidazole rings is 1. The zero-order valence-electron chi connectivity index (χ0n) is 11.4. The molecule has 108 valence electrons. The van der Waals surface area contributed by atoms with Gasteiger partial charge in [0.15, 0.2) is 11.5 Å². The van der Waals surface area contributed by atoms with Crippen LogP contribution in [0.2, 0.25) is 0 Å². The van der Waals surface area contributed by atoms with Gasteiger partial charge in [-0.3, -0.25) is 0 Å². The number of aromatic nitrogens is 4. The summed E-state index contributed by atoms with van der Waals surface area (Å²) in [7, 11) is 0. The maximum Gasteiger partial charge on any atom is 0.226 e. The lowest BCUT2D eigenvalue weighted by molar-refractivity contribution is 0.311. The number of hydrogen-bond acceptors (Lipinski definition) is 6. The number of nitrogen functional groups attached to an aromatic ring is 1. The monoisotopic (exact) mass is 284 g/mol. The summed E-state index contributed by atoms with van der Waals surface area (Å²) in [4.78, 5) is 12.8. The number of nitrogens with zero attached hydrogens (tertiary/aromatic N) is 4. The molecule has 2 heterocycles. The van der Waals surface area contributed by atoms with Gasteiger partial charge in [0.2, 0.25) is 5.95 Å². The van der Waals surface area contributed by atoms with E-state index in [1.165, 1.54) is 0 Å². The lowest BCUT2D eigenvalue weighted by Crippen LogP contribution is -2.10. The maximum atomic E-state index is 8.85. The van der Waals surface area contributed by atoms with Crippen molar-refractivity contribution >= 4 is 22.9 Å². The fourth-order valence-electron chi connectivity index (χ4n) is 2.11. The van der Waals surface area contributed by atoms with Gasteiger partial charge in [0.05, 0.1) is 19.5 Å². The molecule has 1 aromatic carbocycles. The standard InChI is InChI=1S/C14H16N6O/c15-12-11-13(19-14(18-12)16-6-7-21)20(9-17-11)8-10-4-2-1-3-5-10/h1-5,9,21H,6-8H2,(H3,15,16,18,19). The Morgan fingerprint density at radius 3 is 2.76 bits per heavy atom. The summed E-state index contributed by atoms with van der Waals surface area (Å²) in [6.07, 6.45) is 1.71. The van der Waals surface area contributed by atoms with Gasteiger partial charge >= 0.3 is 0 Å². The Morgan fingerprint density at radius 1 is 1.19 bits per heavy atom. The molecular weight excluding hydrogens is 268 g/mol. The third kappa shape index (κ3) is 2.77. The van der Waals surface area contributed by atoms with Gasteiger partial charge in [0, 0.05) is 6.54 Å². The van der Waals surface area contributed by atoms with E-state index in [-0.39, 0.29) is 6.61 Å². The fraction of sp³-hybridized carbons (Fsp3) is 0.214. The first kappa shape index (κ1) is 13.3. The average Bonchev–Trinajstić information content (AvgIpc) is 2.90. The van der Waals surface area contributed by atoms with Crippen molar-refractivity contribution in [1.82, 2.24) is 19.5 Å². The van der Waals surface area contributed by atoms with E-state index in [9.17, 15) is 0 Å². The lowest BCUT2D eigenvalue weighted by atomic mass is 10.2.